The molecule has 1 aliphatic rings. The molecule has 5 N–H and O–H groups in total. The van der Waals surface area contributed by atoms with E-state index in [0.29, 0.717) is 28.5 Å². The zero-order valence-electron chi connectivity index (χ0n) is 19.2. The Hall–Kier alpha value is -3.10. The number of aromatic nitrogens is 2. The van der Waals surface area contributed by atoms with Crippen molar-refractivity contribution < 1.29 is 9.59 Å². The first-order valence-electron chi connectivity index (χ1n) is 11.1. The van der Waals surface area contributed by atoms with E-state index in [1.54, 1.807) is 30.6 Å². The van der Waals surface area contributed by atoms with E-state index in [1.807, 2.05) is 42.5 Å². The molecule has 188 valence electrons. The molecule has 1 aliphatic carbocycles. The van der Waals surface area contributed by atoms with Crippen LogP contribution in [0.4, 0.5) is 5.69 Å². The molecular weight excluding hydrogens is 521 g/mol. The molecule has 2 aromatic heterocycles. The molecule has 7 nitrogen and oxygen atoms in total. The van der Waals surface area contributed by atoms with E-state index in [-0.39, 0.29) is 42.7 Å². The smallest absolute Gasteiger partial charge is 0.255 e. The van der Waals surface area contributed by atoms with Crippen molar-refractivity contribution in [1.82, 2.24) is 15.3 Å². The van der Waals surface area contributed by atoms with E-state index in [0.717, 1.165) is 29.4 Å². The summed E-state index contributed by atoms with van der Waals surface area (Å²) >= 11 is 5.98. The number of hydrogen-bond donors (Lipinski definition) is 4. The molecule has 0 saturated heterocycles. The molecule has 0 radical (unpaired) electrons. The minimum absolute atomic E-state index is 0. The highest BCUT2D eigenvalue weighted by Crippen LogP contribution is 2.48. The van der Waals surface area contributed by atoms with Crippen molar-refractivity contribution in [2.45, 2.75) is 24.3 Å². The molecule has 0 aliphatic heterocycles. The first-order valence-corrected chi connectivity index (χ1v) is 11.5. The van der Waals surface area contributed by atoms with Crippen LogP contribution in [0, 0.1) is 0 Å². The Kier molecular flexibility index (Phi) is 8.63. The van der Waals surface area contributed by atoms with Crippen LogP contribution in [0.2, 0.25) is 5.02 Å². The Labute approximate surface area is 226 Å². The lowest BCUT2D eigenvalue weighted by atomic mass is 9.95. The average molecular weight is 547 g/mol. The molecule has 5 rings (SSSR count). The molecule has 36 heavy (non-hydrogen) atoms. The summed E-state index contributed by atoms with van der Waals surface area (Å²) in [7, 11) is 0. The Morgan fingerprint density at radius 3 is 2.39 bits per heavy atom. The topological polar surface area (TPSA) is 113 Å². The van der Waals surface area contributed by atoms with Gasteiger partial charge in [-0.05, 0) is 60.4 Å². The van der Waals surface area contributed by atoms with Crippen LogP contribution in [0.5, 0.6) is 0 Å². The summed E-state index contributed by atoms with van der Waals surface area (Å²) in [5.74, 6) is -0.240. The van der Waals surface area contributed by atoms with Crippen LogP contribution in [-0.4, -0.2) is 28.3 Å². The van der Waals surface area contributed by atoms with Crippen molar-refractivity contribution in [2.24, 2.45) is 5.73 Å². The molecule has 10 heteroatoms. The van der Waals surface area contributed by atoms with Gasteiger partial charge in [0.15, 0.2) is 0 Å². The normalized spacial score (nSPS) is 14.2. The largest absolute Gasteiger partial charge is 0.353 e. The van der Waals surface area contributed by atoms with Crippen molar-refractivity contribution in [3.05, 3.63) is 94.8 Å². The van der Waals surface area contributed by atoms with Crippen LogP contribution < -0.4 is 16.4 Å². The lowest BCUT2D eigenvalue weighted by Gasteiger charge is -2.19. The fraction of sp³-hybridized carbons (Fsp3) is 0.192. The number of hydrogen-bond acceptors (Lipinski definition) is 4. The second kappa shape index (κ2) is 11.3. The molecule has 1 atom stereocenters. The number of aromatic amines is 1. The highest BCUT2D eigenvalue weighted by molar-refractivity contribution is 6.30. The maximum Gasteiger partial charge on any atom is 0.255 e. The van der Waals surface area contributed by atoms with E-state index < -0.39 is 5.41 Å². The van der Waals surface area contributed by atoms with Gasteiger partial charge in [-0.3, -0.25) is 9.59 Å². The van der Waals surface area contributed by atoms with Crippen LogP contribution in [0.1, 0.15) is 40.4 Å². The number of nitrogens with two attached hydrogens (primary N) is 1. The van der Waals surface area contributed by atoms with Crippen molar-refractivity contribution >= 4 is 65.0 Å². The summed E-state index contributed by atoms with van der Waals surface area (Å²) in [4.78, 5) is 32.8. The summed E-state index contributed by atoms with van der Waals surface area (Å²) in [6.45, 7) is 0.308. The fourth-order valence-electron chi connectivity index (χ4n) is 4.18. The predicted octanol–water partition coefficient (Wildman–Crippen LogP) is 5.16. The van der Waals surface area contributed by atoms with E-state index in [9.17, 15) is 9.59 Å². The molecule has 1 fully saturated rings. The summed E-state index contributed by atoms with van der Waals surface area (Å²) in [5.41, 5.74) is 9.57. The van der Waals surface area contributed by atoms with Crippen LogP contribution in [0.15, 0.2) is 73.1 Å². The lowest BCUT2D eigenvalue weighted by molar-refractivity contribution is -0.123. The Bertz CT molecular complexity index is 1350. The number of H-pyrrole nitrogens is 1. The minimum atomic E-state index is -0.482. The Morgan fingerprint density at radius 1 is 1.03 bits per heavy atom. The third-order valence-electron chi connectivity index (χ3n) is 6.37. The number of nitrogens with zero attached hydrogens (tertiary/aromatic N) is 1. The second-order valence-electron chi connectivity index (χ2n) is 8.58. The fourth-order valence-corrected chi connectivity index (χ4v) is 4.30. The monoisotopic (exact) mass is 545 g/mol. The van der Waals surface area contributed by atoms with Crippen molar-refractivity contribution in [2.75, 3.05) is 11.9 Å². The maximum absolute atomic E-state index is 12.9. The highest BCUT2D eigenvalue weighted by atomic mass is 35.5. The van der Waals surface area contributed by atoms with Gasteiger partial charge in [0.1, 0.15) is 5.65 Å². The van der Waals surface area contributed by atoms with Crippen molar-refractivity contribution in [1.29, 1.82) is 0 Å². The van der Waals surface area contributed by atoms with Gasteiger partial charge in [0.2, 0.25) is 5.91 Å². The highest BCUT2D eigenvalue weighted by Gasteiger charge is 2.51. The van der Waals surface area contributed by atoms with Crippen LogP contribution in [0.25, 0.3) is 11.0 Å². The standard InChI is InChI=1S/C26H24ClN5O2.2ClH/c27-19-7-5-18(6-8-19)26(11-12-26)25(34)31-15-21(28)16-1-3-17(4-2-16)24(33)32-22-10-14-30-23-20(22)9-13-29-23;;/h1-10,13-14,21H,11-12,15,28H2,(H,31,34)(H2,29,30,32,33);2*1H. The zero-order chi connectivity index (χ0) is 23.7. The van der Waals surface area contributed by atoms with Crippen LogP contribution >= 0.6 is 36.4 Å². The van der Waals surface area contributed by atoms with Gasteiger partial charge in [0.25, 0.3) is 5.91 Å². The van der Waals surface area contributed by atoms with Gasteiger partial charge in [-0.15, -0.1) is 24.8 Å². The number of benzene rings is 2. The van der Waals surface area contributed by atoms with Gasteiger partial charge in [-0.1, -0.05) is 35.9 Å². The number of carbonyl (C=O) groups excluding carboxylic acids is 2. The minimum Gasteiger partial charge on any atom is -0.353 e. The average Bonchev–Trinajstić information content (AvgIpc) is 3.52. The van der Waals surface area contributed by atoms with Gasteiger partial charge in [-0.2, -0.15) is 0 Å². The van der Waals surface area contributed by atoms with Gasteiger partial charge >= 0.3 is 0 Å². The number of fused-ring (bicyclic) bond motifs is 1. The third-order valence-corrected chi connectivity index (χ3v) is 6.63. The first kappa shape index (κ1) is 27.5. The molecule has 2 amide bonds. The number of nitrogens with one attached hydrogen (secondary N) is 3. The van der Waals surface area contributed by atoms with Gasteiger partial charge in [0.05, 0.1) is 11.1 Å². The molecule has 4 aromatic rings. The van der Waals surface area contributed by atoms with Crippen LogP contribution in [0.3, 0.4) is 0 Å². The van der Waals surface area contributed by atoms with E-state index in [2.05, 4.69) is 20.6 Å². The van der Waals surface area contributed by atoms with Crippen molar-refractivity contribution in [3.63, 3.8) is 0 Å². The summed E-state index contributed by atoms with van der Waals surface area (Å²) < 4.78 is 0. The summed E-state index contributed by atoms with van der Waals surface area (Å²) in [6, 6.07) is 17.8. The van der Waals surface area contributed by atoms with Gasteiger partial charge in [-0.25, -0.2) is 4.98 Å². The quantitative estimate of drug-likeness (QED) is 0.256. The number of halogens is 3. The number of pyridine rings is 1. The number of rotatable bonds is 7. The third kappa shape index (κ3) is 5.50. The summed E-state index contributed by atoms with van der Waals surface area (Å²) in [5, 5.41) is 7.41. The molecule has 2 heterocycles. The first-order chi connectivity index (χ1) is 16.5. The van der Waals surface area contributed by atoms with Gasteiger partial charge < -0.3 is 21.4 Å². The SMILES string of the molecule is Cl.Cl.NC(CNC(=O)C1(c2ccc(Cl)cc2)CC1)c1ccc(C(=O)Nc2ccnc3[nH]ccc23)cc1. The lowest BCUT2D eigenvalue weighted by Crippen LogP contribution is -2.38. The Morgan fingerprint density at radius 2 is 1.72 bits per heavy atom. The van der Waals surface area contributed by atoms with Crippen LogP contribution in [-0.2, 0) is 10.2 Å². The second-order valence-corrected chi connectivity index (χ2v) is 9.02. The molecule has 0 bridgehead atoms. The number of carbonyl (C=O) groups is 2. The molecule has 2 aromatic carbocycles. The number of anilines is 1. The van der Waals surface area contributed by atoms with E-state index in [1.165, 1.54) is 0 Å². The molecule has 1 saturated carbocycles. The predicted molar refractivity (Wildman–Crippen MR) is 147 cm³/mol. The summed E-state index contributed by atoms with van der Waals surface area (Å²) in [6.07, 6.45) is 5.05. The zero-order valence-corrected chi connectivity index (χ0v) is 21.6. The number of amides is 2. The van der Waals surface area contributed by atoms with Gasteiger partial charge in [0, 0.05) is 41.0 Å². The Balaban J connectivity index is 0.00000180. The molecule has 0 spiro atoms. The molecular formula is C26H26Cl3N5O2. The van der Waals surface area contributed by atoms with Crippen molar-refractivity contribution in [3.8, 4) is 0 Å². The molecule has 1 unspecified atom stereocenters. The van der Waals surface area contributed by atoms with E-state index >= 15 is 0 Å². The van der Waals surface area contributed by atoms with E-state index in [4.69, 9.17) is 17.3 Å². The maximum atomic E-state index is 12.9.